The second-order valence-corrected chi connectivity index (χ2v) is 9.43. The van der Waals surface area contributed by atoms with Crippen LogP contribution in [0.3, 0.4) is 0 Å². The van der Waals surface area contributed by atoms with E-state index in [1.165, 1.54) is 18.3 Å². The van der Waals surface area contributed by atoms with Crippen molar-refractivity contribution in [1.29, 1.82) is 0 Å². The number of aryl methyl sites for hydroxylation is 1. The van der Waals surface area contributed by atoms with Crippen LogP contribution in [-0.4, -0.2) is 33.1 Å². The van der Waals surface area contributed by atoms with E-state index in [-0.39, 0.29) is 17.9 Å². The maximum Gasteiger partial charge on any atom is 0.255 e. The average Bonchev–Trinajstić information content (AvgIpc) is 2.84. The number of hydrogen-bond acceptors (Lipinski definition) is 6. The molecule has 0 bridgehead atoms. The molecule has 0 unspecified atom stereocenters. The third-order valence-corrected chi connectivity index (χ3v) is 6.37. The highest BCUT2D eigenvalue weighted by molar-refractivity contribution is 7.89. The van der Waals surface area contributed by atoms with E-state index >= 15 is 0 Å². The molecule has 0 fully saturated rings. The normalized spacial score (nSPS) is 12.3. The van der Waals surface area contributed by atoms with Gasteiger partial charge in [0.1, 0.15) is 5.75 Å². The van der Waals surface area contributed by atoms with E-state index in [0.717, 1.165) is 5.56 Å². The van der Waals surface area contributed by atoms with Crippen LogP contribution in [-0.2, 0) is 19.6 Å². The van der Waals surface area contributed by atoms with Crippen LogP contribution in [0, 0.1) is 6.92 Å². The van der Waals surface area contributed by atoms with Crippen molar-refractivity contribution in [1.82, 2.24) is 10.1 Å². The van der Waals surface area contributed by atoms with Gasteiger partial charge in [-0.1, -0.05) is 48.0 Å². The van der Waals surface area contributed by atoms with Crippen molar-refractivity contribution in [3.05, 3.63) is 95.6 Å². The fraction of sp³-hybridized carbons (Fsp3) is 0.160. The van der Waals surface area contributed by atoms with E-state index in [9.17, 15) is 18.0 Å². The van der Waals surface area contributed by atoms with Gasteiger partial charge in [-0.2, -0.15) is 5.10 Å². The molecule has 0 aliphatic rings. The zero-order valence-corrected chi connectivity index (χ0v) is 19.9. The van der Waals surface area contributed by atoms with Gasteiger partial charge in [-0.3, -0.25) is 9.59 Å². The molecule has 10 heteroatoms. The van der Waals surface area contributed by atoms with Crippen LogP contribution in [0.25, 0.3) is 0 Å². The van der Waals surface area contributed by atoms with Crippen LogP contribution in [0.1, 0.15) is 29.2 Å². The van der Waals surface area contributed by atoms with Crippen molar-refractivity contribution in [3.63, 3.8) is 0 Å². The molecule has 9 nitrogen and oxygen atoms in total. The first-order valence-corrected chi connectivity index (χ1v) is 12.2. The Kier molecular flexibility index (Phi) is 8.71. The van der Waals surface area contributed by atoms with Crippen molar-refractivity contribution < 1.29 is 22.7 Å². The Morgan fingerprint density at radius 3 is 2.29 bits per heavy atom. The molecule has 3 aromatic rings. The molecule has 1 atom stereocenters. The van der Waals surface area contributed by atoms with Crippen molar-refractivity contribution in [3.8, 4) is 5.75 Å². The van der Waals surface area contributed by atoms with E-state index in [1.807, 2.05) is 13.0 Å². The van der Waals surface area contributed by atoms with Gasteiger partial charge in [-0.25, -0.2) is 18.6 Å². The average molecular weight is 495 g/mol. The summed E-state index contributed by atoms with van der Waals surface area (Å²) in [5.41, 5.74) is 9.73. The molecule has 0 saturated carbocycles. The lowest BCUT2D eigenvalue weighted by atomic mass is 10.0. The molecule has 3 aromatic carbocycles. The van der Waals surface area contributed by atoms with Gasteiger partial charge < -0.3 is 10.5 Å². The maximum atomic E-state index is 12.9. The van der Waals surface area contributed by atoms with Gasteiger partial charge in [0.2, 0.25) is 15.9 Å². The van der Waals surface area contributed by atoms with Crippen LogP contribution in [0.4, 0.5) is 0 Å². The molecular formula is C25H26N4O5S. The summed E-state index contributed by atoms with van der Waals surface area (Å²) in [4.78, 5) is 23.5. The second kappa shape index (κ2) is 11.9. The monoisotopic (exact) mass is 494 g/mol. The summed E-state index contributed by atoms with van der Waals surface area (Å²) in [6.07, 6.45) is 1.27. The van der Waals surface area contributed by atoms with Crippen molar-refractivity contribution in [2.75, 3.05) is 6.61 Å². The molecule has 4 N–H and O–H groups in total. The number of nitrogens with zero attached hydrogens (tertiary/aromatic N) is 1. The maximum absolute atomic E-state index is 12.9. The number of primary amides is 1. The van der Waals surface area contributed by atoms with Crippen LogP contribution >= 0.6 is 0 Å². The fourth-order valence-electron chi connectivity index (χ4n) is 3.10. The van der Waals surface area contributed by atoms with Gasteiger partial charge in [0, 0.05) is 6.42 Å². The smallest absolute Gasteiger partial charge is 0.255 e. The number of nitrogens with one attached hydrogen (secondary N) is 2. The molecule has 0 spiro atoms. The van der Waals surface area contributed by atoms with Gasteiger partial charge in [0.15, 0.2) is 6.61 Å². The summed E-state index contributed by atoms with van der Waals surface area (Å²) in [7, 11) is -3.86. The number of ether oxygens (including phenoxy) is 1. The highest BCUT2D eigenvalue weighted by atomic mass is 32.2. The zero-order chi connectivity index (χ0) is 25.3. The van der Waals surface area contributed by atoms with Crippen molar-refractivity contribution >= 4 is 28.1 Å². The predicted molar refractivity (Wildman–Crippen MR) is 132 cm³/mol. The number of hydrogen-bond donors (Lipinski definition) is 3. The van der Waals surface area contributed by atoms with Crippen LogP contribution < -0.4 is 20.6 Å². The Morgan fingerprint density at radius 1 is 1.00 bits per heavy atom. The summed E-state index contributed by atoms with van der Waals surface area (Å²) >= 11 is 0. The summed E-state index contributed by atoms with van der Waals surface area (Å²) in [6.45, 7) is 1.65. The highest BCUT2D eigenvalue weighted by Crippen LogP contribution is 2.21. The fourth-order valence-corrected chi connectivity index (χ4v) is 4.32. The molecule has 35 heavy (non-hydrogen) atoms. The quantitative estimate of drug-likeness (QED) is 0.277. The molecular weight excluding hydrogens is 468 g/mol. The number of nitrogens with two attached hydrogens (primary N) is 1. The standard InChI is InChI=1S/C25H26N4O5S/c1-18-7-13-22(14-8-18)35(32,33)29-23(20-5-3-2-4-6-20)15-25(31)28-27-16-19-9-11-21(12-10-19)34-17-24(26)30/h2-14,16,23,29H,15,17H2,1H3,(H2,26,30)(H,28,31)/b27-16-/t23-/m1/s1. The summed E-state index contributed by atoms with van der Waals surface area (Å²) in [5, 5.41) is 3.94. The first-order chi connectivity index (χ1) is 16.7. The number of hydrazone groups is 1. The SMILES string of the molecule is Cc1ccc(S(=O)(=O)N[C@H](CC(=O)N/N=C\c2ccc(OCC(N)=O)cc2)c2ccccc2)cc1. The molecule has 0 heterocycles. The second-order valence-electron chi connectivity index (χ2n) is 7.72. The largest absolute Gasteiger partial charge is 0.484 e. The number of amides is 2. The summed E-state index contributed by atoms with van der Waals surface area (Å²) < 4.78 is 33.6. The zero-order valence-electron chi connectivity index (χ0n) is 19.0. The van der Waals surface area contributed by atoms with E-state index < -0.39 is 27.9 Å². The Balaban J connectivity index is 1.65. The topological polar surface area (TPSA) is 140 Å². The number of carbonyl (C=O) groups is 2. The van der Waals surface area contributed by atoms with Gasteiger partial charge >= 0.3 is 0 Å². The van der Waals surface area contributed by atoms with Gasteiger partial charge in [0.25, 0.3) is 5.91 Å². The molecule has 0 radical (unpaired) electrons. The highest BCUT2D eigenvalue weighted by Gasteiger charge is 2.23. The first-order valence-electron chi connectivity index (χ1n) is 10.7. The first kappa shape index (κ1) is 25.6. The minimum absolute atomic E-state index is 0.116. The number of benzene rings is 3. The Morgan fingerprint density at radius 2 is 1.66 bits per heavy atom. The lowest BCUT2D eigenvalue weighted by Gasteiger charge is -2.18. The minimum Gasteiger partial charge on any atom is -0.484 e. The Hall–Kier alpha value is -4.02. The van der Waals surface area contributed by atoms with E-state index in [1.54, 1.807) is 60.7 Å². The van der Waals surface area contributed by atoms with E-state index in [4.69, 9.17) is 10.5 Å². The predicted octanol–water partition coefficient (Wildman–Crippen LogP) is 2.42. The minimum atomic E-state index is -3.86. The number of sulfonamides is 1. The van der Waals surface area contributed by atoms with Crippen LogP contribution in [0.2, 0.25) is 0 Å². The molecule has 0 aliphatic heterocycles. The number of carbonyl (C=O) groups excluding carboxylic acids is 2. The van der Waals surface area contributed by atoms with Crippen molar-refractivity contribution in [2.24, 2.45) is 10.8 Å². The molecule has 2 amide bonds. The Bertz CT molecular complexity index is 1280. The van der Waals surface area contributed by atoms with Gasteiger partial charge in [-0.15, -0.1) is 0 Å². The molecule has 0 saturated heterocycles. The Labute approximate surface area is 204 Å². The lowest BCUT2D eigenvalue weighted by molar-refractivity contribution is -0.121. The van der Waals surface area contributed by atoms with Gasteiger partial charge in [-0.05, 0) is 54.4 Å². The molecule has 3 rings (SSSR count). The van der Waals surface area contributed by atoms with E-state index in [2.05, 4.69) is 15.2 Å². The third-order valence-electron chi connectivity index (χ3n) is 4.88. The van der Waals surface area contributed by atoms with E-state index in [0.29, 0.717) is 16.9 Å². The van der Waals surface area contributed by atoms with Crippen LogP contribution in [0.5, 0.6) is 5.75 Å². The van der Waals surface area contributed by atoms with Gasteiger partial charge in [0.05, 0.1) is 17.2 Å². The molecule has 182 valence electrons. The van der Waals surface area contributed by atoms with Crippen LogP contribution in [0.15, 0.2) is 88.9 Å². The van der Waals surface area contributed by atoms with Crippen molar-refractivity contribution in [2.45, 2.75) is 24.3 Å². The number of rotatable bonds is 11. The molecule has 0 aromatic heterocycles. The third kappa shape index (κ3) is 8.05. The lowest BCUT2D eigenvalue weighted by Crippen LogP contribution is -2.32. The summed E-state index contributed by atoms with van der Waals surface area (Å²) in [5.74, 6) is -0.576. The molecule has 0 aliphatic carbocycles. The summed E-state index contributed by atoms with van der Waals surface area (Å²) in [6, 6.07) is 21.2.